The fourth-order valence-electron chi connectivity index (χ4n) is 20.4. The molecule has 4 saturated heterocycles. The van der Waals surface area contributed by atoms with Crippen LogP contribution in [-0.2, 0) is 0 Å². The van der Waals surface area contributed by atoms with E-state index in [1.807, 2.05) is 91.4 Å². The number of pyridine rings is 5. The smallest absolute Gasteiger partial charge is 0.258 e. The van der Waals surface area contributed by atoms with E-state index in [1.165, 1.54) is 102 Å². The number of piperidine rings is 3. The molecule has 32 heteroatoms. The Hall–Kier alpha value is -15.0. The van der Waals surface area contributed by atoms with Gasteiger partial charge >= 0.3 is 0 Å². The zero-order valence-electron chi connectivity index (χ0n) is 82.1. The molecule has 23 rings (SSSR count). The summed E-state index contributed by atoms with van der Waals surface area (Å²) in [5, 5.41) is 3.32. The summed E-state index contributed by atoms with van der Waals surface area (Å²) in [7, 11) is 10.4. The van der Waals surface area contributed by atoms with E-state index in [2.05, 4.69) is 96.0 Å². The molecule has 18 heterocycles. The van der Waals surface area contributed by atoms with Gasteiger partial charge < -0.3 is 42.9 Å². The van der Waals surface area contributed by atoms with Gasteiger partial charge in [-0.25, -0.2) is 52.4 Å². The third-order valence-corrected chi connectivity index (χ3v) is 28.5. The summed E-state index contributed by atoms with van der Waals surface area (Å²) in [5.74, 6) is 1.74. The number of ether oxygens (including phenoxy) is 4. The quantitative estimate of drug-likeness (QED) is 0.0829. The van der Waals surface area contributed by atoms with Crippen molar-refractivity contribution >= 4 is 61.6 Å². The van der Waals surface area contributed by atoms with Gasteiger partial charge in [0.25, 0.3) is 27.8 Å². The maximum absolute atomic E-state index is 14.5. The first-order valence-corrected chi connectivity index (χ1v) is 49.0. The number of fused-ring (bicyclic) bond motifs is 9. The van der Waals surface area contributed by atoms with Crippen LogP contribution in [0.15, 0.2) is 246 Å². The van der Waals surface area contributed by atoms with Crippen LogP contribution in [0.2, 0.25) is 0 Å². The highest BCUT2D eigenvalue weighted by Crippen LogP contribution is 2.43. The van der Waals surface area contributed by atoms with Gasteiger partial charge in [-0.05, 0) is 301 Å². The number of rotatable bonds is 17. The predicted octanol–water partition coefficient (Wildman–Crippen LogP) is 18.5. The van der Waals surface area contributed by atoms with Gasteiger partial charge in [0.2, 0.25) is 0 Å². The third kappa shape index (κ3) is 21.1. The Morgan fingerprint density at radius 3 is 1.22 bits per heavy atom. The van der Waals surface area contributed by atoms with Crippen LogP contribution >= 0.6 is 0 Å². The molecule has 144 heavy (non-hydrogen) atoms. The van der Waals surface area contributed by atoms with Crippen molar-refractivity contribution in [2.45, 2.75) is 128 Å². The first-order valence-electron chi connectivity index (χ1n) is 49.0. The standard InChI is InChI=1S/C24H23FN4O2.C24H27N3O3.C23H21FN4O2.C21H22FN3O2.C20H20FN3O2/c1-3-8-28-9-6-16(7-10-28)17-4-5-22-27-20(13-23(30)29(22)14-17)18-11-19(25)24-21(12-18)31-15(2)26-24;1-26-18-6-7-19(26)11-17(10-18)16-5-9-23-25-20(13-24(28)27(23)14-16)15-4-8-21(29-2)22(12-15)30-3;1-3-27-8-6-15(7-9-27)16-4-5-21-26-19(12-22(29)28(21)13-16)17-10-18(24)23-20(11-17)30-14(2)25-23;1-24-9-7-14(8-10-24)18-12-21(26)25-13-16(4-6-20(25)23-18)15-3-5-19(27-2)17(22)11-15;1-26-18-4-2-14(10-16(18)21)15-3-5-19-23-17(11-20(25)24(19)12-15)13-6-8-22-9-7-13/h4-6,11-14H,3,7-10H2,1-2H3;4-5,8-9,12-14,17-19H,6-7,10-11H2,1-3H3;4-6,10-13H,3,7-9H2,1-2H3;3-6,11-14H,7-10H2,1-2H3;2-5,10-13,22H,6-9H2,1H3/t;17?,18-,19+;;;. The molecule has 6 aliphatic heterocycles. The van der Waals surface area contributed by atoms with E-state index < -0.39 is 23.3 Å². The lowest BCUT2D eigenvalue weighted by atomic mass is 9.86. The van der Waals surface area contributed by atoms with Crippen LogP contribution in [0.1, 0.15) is 142 Å². The van der Waals surface area contributed by atoms with Gasteiger partial charge in [-0.3, -0.25) is 55.8 Å². The first kappa shape index (κ1) is 97.8. The molecule has 1 N–H and O–H groups in total. The summed E-state index contributed by atoms with van der Waals surface area (Å²) in [5.41, 5.74) is 16.9. The third-order valence-electron chi connectivity index (χ3n) is 28.5. The second-order valence-electron chi connectivity index (χ2n) is 37.6. The zero-order chi connectivity index (χ0) is 100. The van der Waals surface area contributed by atoms with E-state index in [-0.39, 0.29) is 50.3 Å². The number of nitrogens with zero attached hydrogens (tertiary/aromatic N) is 16. The number of aryl methyl sites for hydroxylation is 2. The molecule has 1 unspecified atom stereocenters. The molecule has 6 aliphatic rings. The molecule has 0 radical (unpaired) electrons. The van der Waals surface area contributed by atoms with Crippen molar-refractivity contribution < 1.29 is 45.3 Å². The highest BCUT2D eigenvalue weighted by Gasteiger charge is 2.39. The number of oxazole rings is 2. The lowest BCUT2D eigenvalue weighted by Crippen LogP contribution is -2.39. The minimum absolute atomic E-state index is 0.0671. The number of nitrogens with one attached hydrogen (secondary N) is 1. The Balaban J connectivity index is 0.000000114. The van der Waals surface area contributed by atoms with Crippen molar-refractivity contribution in [2.75, 3.05) is 108 Å². The number of hydrogen-bond acceptors (Lipinski definition) is 23. The fourth-order valence-corrected chi connectivity index (χ4v) is 20.4. The number of aromatic nitrogens is 12. The molecule has 12 aromatic heterocycles. The van der Waals surface area contributed by atoms with Crippen LogP contribution < -0.4 is 52.1 Å². The van der Waals surface area contributed by atoms with E-state index in [4.69, 9.17) is 37.7 Å². The highest BCUT2D eigenvalue weighted by molar-refractivity contribution is 5.82. The molecule has 740 valence electrons. The Morgan fingerprint density at radius 2 is 0.771 bits per heavy atom. The van der Waals surface area contributed by atoms with Crippen molar-refractivity contribution in [1.29, 1.82) is 0 Å². The number of likely N-dealkylation sites (N-methyl/N-ethyl adjacent to an activating group) is 1. The van der Waals surface area contributed by atoms with Crippen LogP contribution in [0, 0.1) is 37.1 Å². The Labute approximate surface area is 827 Å². The summed E-state index contributed by atoms with van der Waals surface area (Å²) in [6.07, 6.45) is 25.6. The minimum Gasteiger partial charge on any atom is -0.494 e. The van der Waals surface area contributed by atoms with Gasteiger partial charge in [0.1, 0.15) is 39.3 Å². The Kier molecular flexibility index (Phi) is 29.0. The molecule has 4 fully saturated rings. The van der Waals surface area contributed by atoms with Crippen molar-refractivity contribution in [3.63, 3.8) is 0 Å². The molecule has 5 aromatic carbocycles. The molecule has 0 spiro atoms. The lowest BCUT2D eigenvalue weighted by Gasteiger charge is -2.36. The molecular formula is C112H113F4N17O11. The lowest BCUT2D eigenvalue weighted by molar-refractivity contribution is 0.161. The van der Waals surface area contributed by atoms with Crippen LogP contribution in [0.25, 0.3) is 118 Å². The average Bonchev–Trinajstić information content (AvgIpc) is 1.52. The summed E-state index contributed by atoms with van der Waals surface area (Å²) >= 11 is 0. The SMILES string of the molecule is CCCN1CC=C(c2ccc3nc(-c4cc(F)c5nc(C)oc5c4)cc(=O)n3c2)CC1.CCN1CC=C(c2ccc3nc(-c4cc(F)c5nc(C)oc5c4)cc(=O)n3c2)CC1.COc1ccc(-c2cc(=O)n3cc(C4C[C@H]5CC[C@@H](C4)N5C)ccc3n2)cc1OC.COc1ccc(-c2ccc3nc(C4CCN(C)CC4)cc(=O)n3c2)cc1F.COc1ccc(-c2ccc3nc(C4CCNCC4)cc(=O)n3c2)cc1F. The minimum atomic E-state index is -0.498. The summed E-state index contributed by atoms with van der Waals surface area (Å²) in [6.45, 7) is 17.7. The monoisotopic (exact) mass is 1950 g/mol. The van der Waals surface area contributed by atoms with Crippen molar-refractivity contribution in [3.05, 3.63) is 328 Å². The van der Waals surface area contributed by atoms with Crippen molar-refractivity contribution in [1.82, 2.24) is 81.8 Å². The van der Waals surface area contributed by atoms with Crippen LogP contribution in [0.3, 0.4) is 0 Å². The summed E-state index contributed by atoms with van der Waals surface area (Å²) in [6, 6.07) is 49.3. The van der Waals surface area contributed by atoms with Gasteiger partial charge in [0, 0.05) is 142 Å². The van der Waals surface area contributed by atoms with E-state index in [9.17, 15) is 41.5 Å². The van der Waals surface area contributed by atoms with Gasteiger partial charge in [0.15, 0.2) is 69.2 Å². The molecular weight excluding hydrogens is 1840 g/mol. The number of halogens is 4. The van der Waals surface area contributed by atoms with Gasteiger partial charge in [-0.1, -0.05) is 44.2 Å². The maximum atomic E-state index is 14.5. The fraction of sp³-hybridized carbons (Fsp3) is 0.321. The number of methoxy groups -OCH3 is 4. The topological polar surface area (TPSA) is 286 Å². The Morgan fingerprint density at radius 1 is 0.375 bits per heavy atom. The molecule has 17 aromatic rings. The van der Waals surface area contributed by atoms with Gasteiger partial charge in [-0.15, -0.1) is 0 Å². The van der Waals surface area contributed by atoms with Crippen molar-refractivity contribution in [3.8, 4) is 79.0 Å². The molecule has 0 amide bonds. The number of benzene rings is 5. The van der Waals surface area contributed by atoms with Crippen LogP contribution in [0.5, 0.6) is 23.0 Å². The maximum Gasteiger partial charge on any atom is 0.258 e. The molecule has 0 saturated carbocycles. The molecule has 3 atom stereocenters. The predicted molar refractivity (Wildman–Crippen MR) is 550 cm³/mol. The van der Waals surface area contributed by atoms with Crippen LogP contribution in [-0.4, -0.2) is 197 Å². The van der Waals surface area contributed by atoms with E-state index in [0.717, 1.165) is 150 Å². The highest BCUT2D eigenvalue weighted by atomic mass is 19.1. The first-order chi connectivity index (χ1) is 69.8. The second-order valence-corrected chi connectivity index (χ2v) is 37.6. The summed E-state index contributed by atoms with van der Waals surface area (Å²) < 4.78 is 96.2. The molecule has 28 nitrogen and oxygen atoms in total. The average molecular weight is 1950 g/mol. The van der Waals surface area contributed by atoms with E-state index >= 15 is 0 Å². The van der Waals surface area contributed by atoms with Gasteiger partial charge in [0.05, 0.1) is 56.9 Å². The van der Waals surface area contributed by atoms with Gasteiger partial charge in [-0.2, -0.15) is 0 Å². The zero-order valence-corrected chi connectivity index (χ0v) is 82.1. The van der Waals surface area contributed by atoms with Crippen molar-refractivity contribution in [2.24, 2.45) is 0 Å². The second kappa shape index (κ2) is 42.7. The summed E-state index contributed by atoms with van der Waals surface area (Å²) in [4.78, 5) is 105. The normalized spacial score (nSPS) is 17.1. The number of likely N-dealkylation sites (tertiary alicyclic amines) is 1. The largest absolute Gasteiger partial charge is 0.494 e. The number of hydrogen-bond donors (Lipinski definition) is 1. The Bertz CT molecular complexity index is 8120. The molecule has 2 bridgehead atoms. The van der Waals surface area contributed by atoms with E-state index in [1.54, 1.807) is 108 Å². The van der Waals surface area contributed by atoms with E-state index in [0.29, 0.717) is 132 Å². The van der Waals surface area contributed by atoms with Crippen LogP contribution in [0.4, 0.5) is 17.6 Å². The molecule has 0 aliphatic carbocycles.